The van der Waals surface area contributed by atoms with Crippen molar-refractivity contribution in [2.45, 2.75) is 13.8 Å². The molecule has 0 fully saturated rings. The largest absolute Gasteiger partial charge is 0.486 e. The van der Waals surface area contributed by atoms with Gasteiger partial charge in [0.25, 0.3) is 0 Å². The molecule has 1 heterocycles. The summed E-state index contributed by atoms with van der Waals surface area (Å²) < 4.78 is 12.1. The quantitative estimate of drug-likeness (QED) is 0.697. The average molecular weight is 243 g/mol. The maximum absolute atomic E-state index is 5.54. The van der Waals surface area contributed by atoms with Crippen molar-refractivity contribution in [3.63, 3.8) is 0 Å². The molecule has 0 radical (unpaired) electrons. The molecule has 3 heteroatoms. The fourth-order valence-electron chi connectivity index (χ4n) is 1.49. The number of ether oxygens (including phenoxy) is 2. The van der Waals surface area contributed by atoms with Crippen molar-refractivity contribution in [1.29, 1.82) is 0 Å². The van der Waals surface area contributed by atoms with Crippen LogP contribution in [-0.2, 0) is 0 Å². The van der Waals surface area contributed by atoms with Gasteiger partial charge >= 0.3 is 0 Å². The Morgan fingerprint density at radius 3 is 2.69 bits per heavy atom. The van der Waals surface area contributed by atoms with Crippen LogP contribution in [0.25, 0.3) is 0 Å². The van der Waals surface area contributed by atoms with Gasteiger partial charge in [0.2, 0.25) is 0 Å². The van der Waals surface area contributed by atoms with Gasteiger partial charge in [0.1, 0.15) is 13.2 Å². The highest BCUT2D eigenvalue weighted by molar-refractivity contribution is 9.10. The molecular weight excluding hydrogens is 232 g/mol. The average Bonchev–Trinajstić information content (AvgIpc) is 2.15. The zero-order chi connectivity index (χ0) is 9.42. The third kappa shape index (κ3) is 1.41. The number of hydrogen-bond donors (Lipinski definition) is 0. The highest BCUT2D eigenvalue weighted by Crippen LogP contribution is 2.39. The van der Waals surface area contributed by atoms with Crippen molar-refractivity contribution in [3.05, 3.63) is 21.7 Å². The smallest absolute Gasteiger partial charge is 0.165 e. The lowest BCUT2D eigenvalue weighted by atomic mass is 10.1. The molecular formula is C10H11BrO2. The number of fused-ring (bicyclic) bond motifs is 1. The van der Waals surface area contributed by atoms with E-state index in [2.05, 4.69) is 22.9 Å². The number of benzene rings is 1. The summed E-state index contributed by atoms with van der Waals surface area (Å²) in [5.41, 5.74) is 2.30. The molecule has 2 nitrogen and oxygen atoms in total. The Balaban J connectivity index is 2.60. The molecule has 0 saturated heterocycles. The van der Waals surface area contributed by atoms with Gasteiger partial charge in [-0.1, -0.05) is 15.9 Å². The second kappa shape index (κ2) is 3.22. The molecule has 0 bridgehead atoms. The van der Waals surface area contributed by atoms with E-state index in [-0.39, 0.29) is 0 Å². The number of hydrogen-bond acceptors (Lipinski definition) is 2. The van der Waals surface area contributed by atoms with Crippen LogP contribution >= 0.6 is 15.9 Å². The Kier molecular flexibility index (Phi) is 2.20. The first-order valence-corrected chi connectivity index (χ1v) is 5.04. The molecule has 0 amide bonds. The minimum Gasteiger partial charge on any atom is -0.486 e. The SMILES string of the molecule is Cc1cc2c(c(C)c1Br)OCCO2. The molecule has 0 atom stereocenters. The van der Waals surface area contributed by atoms with Crippen molar-refractivity contribution >= 4 is 15.9 Å². The lowest BCUT2D eigenvalue weighted by Crippen LogP contribution is -2.16. The van der Waals surface area contributed by atoms with Gasteiger partial charge in [0.05, 0.1) is 0 Å². The minimum absolute atomic E-state index is 0.642. The Hall–Kier alpha value is -0.700. The van der Waals surface area contributed by atoms with Crippen LogP contribution in [0, 0.1) is 13.8 Å². The third-order valence-electron chi connectivity index (χ3n) is 2.17. The van der Waals surface area contributed by atoms with Crippen molar-refractivity contribution in [2.75, 3.05) is 13.2 Å². The lowest BCUT2D eigenvalue weighted by molar-refractivity contribution is 0.170. The van der Waals surface area contributed by atoms with Gasteiger partial charge in [0, 0.05) is 10.0 Å². The van der Waals surface area contributed by atoms with E-state index in [1.165, 1.54) is 5.56 Å². The fourth-order valence-corrected chi connectivity index (χ4v) is 1.78. The maximum atomic E-state index is 5.54. The summed E-state index contributed by atoms with van der Waals surface area (Å²) in [5, 5.41) is 0. The zero-order valence-electron chi connectivity index (χ0n) is 7.69. The first kappa shape index (κ1) is 8.88. The van der Waals surface area contributed by atoms with Crippen LogP contribution in [0.15, 0.2) is 10.5 Å². The molecule has 70 valence electrons. The molecule has 1 aromatic carbocycles. The molecule has 0 saturated carbocycles. The monoisotopic (exact) mass is 242 g/mol. The maximum Gasteiger partial charge on any atom is 0.165 e. The summed E-state index contributed by atoms with van der Waals surface area (Å²) in [7, 11) is 0. The Morgan fingerprint density at radius 1 is 1.23 bits per heavy atom. The van der Waals surface area contributed by atoms with E-state index in [0.717, 1.165) is 21.5 Å². The molecule has 0 N–H and O–H groups in total. The minimum atomic E-state index is 0.642. The van der Waals surface area contributed by atoms with E-state index in [1.54, 1.807) is 0 Å². The summed E-state index contributed by atoms with van der Waals surface area (Å²) in [5.74, 6) is 1.74. The van der Waals surface area contributed by atoms with Gasteiger partial charge in [0.15, 0.2) is 11.5 Å². The lowest BCUT2D eigenvalue weighted by Gasteiger charge is -2.21. The second-order valence-electron chi connectivity index (χ2n) is 3.16. The second-order valence-corrected chi connectivity index (χ2v) is 3.95. The fraction of sp³-hybridized carbons (Fsp3) is 0.400. The molecule has 1 aliphatic rings. The highest BCUT2D eigenvalue weighted by atomic mass is 79.9. The van der Waals surface area contributed by atoms with Gasteiger partial charge < -0.3 is 9.47 Å². The Morgan fingerprint density at radius 2 is 1.92 bits per heavy atom. The molecule has 1 aliphatic heterocycles. The van der Waals surface area contributed by atoms with E-state index >= 15 is 0 Å². The van der Waals surface area contributed by atoms with Gasteiger partial charge in [-0.3, -0.25) is 0 Å². The normalized spacial score (nSPS) is 14.4. The molecule has 0 unspecified atom stereocenters. The molecule has 13 heavy (non-hydrogen) atoms. The van der Waals surface area contributed by atoms with E-state index < -0.39 is 0 Å². The van der Waals surface area contributed by atoms with Crippen LogP contribution in [0.3, 0.4) is 0 Å². The zero-order valence-corrected chi connectivity index (χ0v) is 9.27. The molecule has 0 aromatic heterocycles. The standard InChI is InChI=1S/C10H11BrO2/c1-6-5-8-10(7(2)9(6)11)13-4-3-12-8/h5H,3-4H2,1-2H3. The topological polar surface area (TPSA) is 18.5 Å². The van der Waals surface area contributed by atoms with Gasteiger partial charge in [-0.2, -0.15) is 0 Å². The number of halogens is 1. The molecule has 2 rings (SSSR count). The first-order valence-electron chi connectivity index (χ1n) is 4.25. The van der Waals surface area contributed by atoms with Gasteiger partial charge in [-0.15, -0.1) is 0 Å². The van der Waals surface area contributed by atoms with Crippen LogP contribution in [0.2, 0.25) is 0 Å². The molecule has 0 aliphatic carbocycles. The van der Waals surface area contributed by atoms with E-state index in [4.69, 9.17) is 9.47 Å². The molecule has 1 aromatic rings. The predicted molar refractivity (Wildman–Crippen MR) is 54.6 cm³/mol. The van der Waals surface area contributed by atoms with Gasteiger partial charge in [-0.05, 0) is 25.5 Å². The summed E-state index contributed by atoms with van der Waals surface area (Å²) in [4.78, 5) is 0. The summed E-state index contributed by atoms with van der Waals surface area (Å²) in [6.45, 7) is 5.37. The summed E-state index contributed by atoms with van der Waals surface area (Å²) >= 11 is 3.52. The van der Waals surface area contributed by atoms with Crippen LogP contribution in [0.1, 0.15) is 11.1 Å². The number of rotatable bonds is 0. The van der Waals surface area contributed by atoms with Crippen molar-refractivity contribution in [2.24, 2.45) is 0 Å². The predicted octanol–water partition coefficient (Wildman–Crippen LogP) is 2.84. The van der Waals surface area contributed by atoms with Gasteiger partial charge in [-0.25, -0.2) is 0 Å². The first-order chi connectivity index (χ1) is 6.20. The van der Waals surface area contributed by atoms with Crippen LogP contribution in [0.5, 0.6) is 11.5 Å². The van der Waals surface area contributed by atoms with E-state index in [1.807, 2.05) is 13.0 Å². The summed E-state index contributed by atoms with van der Waals surface area (Å²) in [6, 6.07) is 2.01. The Labute approximate surface area is 86.0 Å². The van der Waals surface area contributed by atoms with Crippen LogP contribution in [-0.4, -0.2) is 13.2 Å². The van der Waals surface area contributed by atoms with E-state index in [9.17, 15) is 0 Å². The highest BCUT2D eigenvalue weighted by Gasteiger charge is 2.17. The van der Waals surface area contributed by atoms with Crippen LogP contribution in [0.4, 0.5) is 0 Å². The molecule has 0 spiro atoms. The summed E-state index contributed by atoms with van der Waals surface area (Å²) in [6.07, 6.45) is 0. The number of aryl methyl sites for hydroxylation is 1. The van der Waals surface area contributed by atoms with Crippen LogP contribution < -0.4 is 9.47 Å². The third-order valence-corrected chi connectivity index (χ3v) is 3.39. The Bertz CT molecular complexity index is 347. The van der Waals surface area contributed by atoms with Crippen molar-refractivity contribution in [3.8, 4) is 11.5 Å². The van der Waals surface area contributed by atoms with E-state index in [0.29, 0.717) is 13.2 Å². The van der Waals surface area contributed by atoms with Crippen molar-refractivity contribution in [1.82, 2.24) is 0 Å². The van der Waals surface area contributed by atoms with Crippen molar-refractivity contribution < 1.29 is 9.47 Å².